The summed E-state index contributed by atoms with van der Waals surface area (Å²) >= 11 is 0. The van der Waals surface area contributed by atoms with Crippen LogP contribution in [0.3, 0.4) is 0 Å². The lowest BCUT2D eigenvalue weighted by Gasteiger charge is -2.23. The van der Waals surface area contributed by atoms with Crippen LogP contribution >= 0.6 is 0 Å². The molecule has 1 fully saturated rings. The minimum atomic E-state index is -1.12. The van der Waals surface area contributed by atoms with Gasteiger partial charge in [-0.25, -0.2) is 9.78 Å². The fourth-order valence-electron chi connectivity index (χ4n) is 4.76. The highest BCUT2D eigenvalue weighted by Crippen LogP contribution is 2.42. The molecule has 0 saturated carbocycles. The number of carbonyl (C=O) groups excluding carboxylic acids is 2. The van der Waals surface area contributed by atoms with Crippen molar-refractivity contribution in [3.8, 4) is 5.75 Å². The molecule has 186 valence electrons. The molecule has 9 heteroatoms. The molecule has 6 rings (SSSR count). The molecule has 1 aliphatic heterocycles. The second-order valence-corrected chi connectivity index (χ2v) is 8.92. The molecule has 1 aromatic heterocycles. The molecule has 0 radical (unpaired) electrons. The average Bonchev–Trinajstić information content (AvgIpc) is 3.46. The molecule has 2 heterocycles. The van der Waals surface area contributed by atoms with Crippen LogP contribution in [-0.4, -0.2) is 42.9 Å². The zero-order chi connectivity index (χ0) is 26.6. The van der Waals surface area contributed by atoms with E-state index in [0.717, 1.165) is 15.7 Å². The Morgan fingerprint density at radius 2 is 1.55 bits per heavy atom. The normalized spacial score (nSPS) is 16.9. The number of anilines is 1. The molecule has 1 saturated heterocycles. The number of carboxylic acid groups (broad SMARTS) is 1. The minimum absolute atomic E-state index is 0.00910. The quantitative estimate of drug-likeness (QED) is 0.157. The highest BCUT2D eigenvalue weighted by molar-refractivity contribution is 6.51. The third-order valence-electron chi connectivity index (χ3n) is 6.62. The number of hydrogen-bond donors (Lipinski definition) is 4. The van der Waals surface area contributed by atoms with Gasteiger partial charge in [0.1, 0.15) is 11.5 Å². The molecule has 38 heavy (non-hydrogen) atoms. The monoisotopic (exact) mass is 505 g/mol. The minimum Gasteiger partial charge on any atom is -0.508 e. The second kappa shape index (κ2) is 8.59. The molecule has 9 nitrogen and oxygen atoms in total. The van der Waals surface area contributed by atoms with E-state index in [2.05, 4.69) is 9.97 Å². The predicted molar refractivity (Wildman–Crippen MR) is 140 cm³/mol. The van der Waals surface area contributed by atoms with Gasteiger partial charge in [0.25, 0.3) is 5.78 Å². The number of Topliss-reactive ketones (excluding diaryl/α,β-unsaturated/α-hetero) is 1. The van der Waals surface area contributed by atoms with Crippen molar-refractivity contribution in [1.82, 2.24) is 9.97 Å². The van der Waals surface area contributed by atoms with Gasteiger partial charge in [-0.05, 0) is 52.7 Å². The molecular formula is C29H19N3O6. The summed E-state index contributed by atoms with van der Waals surface area (Å²) in [6.45, 7) is 0. The van der Waals surface area contributed by atoms with E-state index in [4.69, 9.17) is 0 Å². The number of fused-ring (bicyclic) bond motifs is 2. The predicted octanol–water partition coefficient (Wildman–Crippen LogP) is 4.75. The summed E-state index contributed by atoms with van der Waals surface area (Å²) in [6, 6.07) is 21.9. The van der Waals surface area contributed by atoms with Gasteiger partial charge in [0.15, 0.2) is 0 Å². The zero-order valence-electron chi connectivity index (χ0n) is 19.6. The number of benzene rings is 4. The smallest absolute Gasteiger partial charge is 0.335 e. The fourth-order valence-corrected chi connectivity index (χ4v) is 4.76. The van der Waals surface area contributed by atoms with Gasteiger partial charge in [-0.3, -0.25) is 14.5 Å². The van der Waals surface area contributed by atoms with Gasteiger partial charge in [-0.2, -0.15) is 0 Å². The molecule has 5 aromatic rings. The van der Waals surface area contributed by atoms with Gasteiger partial charge in [-0.15, -0.1) is 0 Å². The summed E-state index contributed by atoms with van der Waals surface area (Å²) in [6.07, 6.45) is 0. The molecule has 4 aromatic carbocycles. The van der Waals surface area contributed by atoms with Gasteiger partial charge < -0.3 is 20.3 Å². The maximum absolute atomic E-state index is 13.4. The topological polar surface area (TPSA) is 144 Å². The number of rotatable bonds is 4. The number of nitrogens with one attached hydrogen (secondary N) is 1. The van der Waals surface area contributed by atoms with Gasteiger partial charge in [0.2, 0.25) is 5.95 Å². The highest BCUT2D eigenvalue weighted by atomic mass is 16.4. The second-order valence-electron chi connectivity index (χ2n) is 8.92. The van der Waals surface area contributed by atoms with Crippen LogP contribution in [0.2, 0.25) is 0 Å². The van der Waals surface area contributed by atoms with Crippen molar-refractivity contribution in [3.05, 3.63) is 107 Å². The van der Waals surface area contributed by atoms with Gasteiger partial charge in [0.05, 0.1) is 28.2 Å². The van der Waals surface area contributed by atoms with E-state index >= 15 is 0 Å². The van der Waals surface area contributed by atoms with Crippen molar-refractivity contribution in [1.29, 1.82) is 0 Å². The van der Waals surface area contributed by atoms with E-state index in [-0.39, 0.29) is 28.6 Å². The Morgan fingerprint density at radius 3 is 2.29 bits per heavy atom. The number of aliphatic hydroxyl groups excluding tert-OH is 1. The molecule has 1 atom stereocenters. The summed E-state index contributed by atoms with van der Waals surface area (Å²) in [5.74, 6) is -3.28. The van der Waals surface area contributed by atoms with E-state index in [9.17, 15) is 29.7 Å². The van der Waals surface area contributed by atoms with Crippen molar-refractivity contribution in [2.75, 3.05) is 4.90 Å². The van der Waals surface area contributed by atoms with Crippen molar-refractivity contribution in [2.45, 2.75) is 6.04 Å². The Hall–Kier alpha value is -5.44. The first kappa shape index (κ1) is 23.0. The molecule has 4 N–H and O–H groups in total. The van der Waals surface area contributed by atoms with Crippen molar-refractivity contribution in [2.24, 2.45) is 0 Å². The Balaban J connectivity index is 1.55. The molecule has 0 bridgehead atoms. The SMILES string of the molecule is O=C1C(=O)N(c2nc3ccc(C(=O)O)cc3[nH]2)C(c2ccc(O)cc2)/C1=C(\O)c1ccc2ccccc2c1. The Morgan fingerprint density at radius 1 is 0.842 bits per heavy atom. The molecule has 1 unspecified atom stereocenters. The van der Waals surface area contributed by atoms with Crippen molar-refractivity contribution in [3.63, 3.8) is 0 Å². The number of aromatic hydroxyl groups is 1. The summed E-state index contributed by atoms with van der Waals surface area (Å²) in [4.78, 5) is 46.7. The third-order valence-corrected chi connectivity index (χ3v) is 6.62. The lowest BCUT2D eigenvalue weighted by Crippen LogP contribution is -2.30. The zero-order valence-corrected chi connectivity index (χ0v) is 19.6. The van der Waals surface area contributed by atoms with Crippen LogP contribution in [0, 0.1) is 0 Å². The van der Waals surface area contributed by atoms with E-state index in [1.54, 1.807) is 24.3 Å². The Labute approximate surface area is 214 Å². The van der Waals surface area contributed by atoms with E-state index < -0.39 is 23.7 Å². The number of carbonyl (C=O) groups is 3. The number of aromatic carboxylic acids is 1. The summed E-state index contributed by atoms with van der Waals surface area (Å²) in [7, 11) is 0. The van der Waals surface area contributed by atoms with E-state index in [0.29, 0.717) is 22.2 Å². The number of phenolic OH excluding ortho intramolecular Hbond substituents is 1. The number of aliphatic hydroxyl groups is 1. The summed E-state index contributed by atoms with van der Waals surface area (Å²) in [5, 5.41) is 32.3. The summed E-state index contributed by atoms with van der Waals surface area (Å²) in [5.41, 5.74) is 1.47. The first-order chi connectivity index (χ1) is 18.3. The Kier molecular flexibility index (Phi) is 5.20. The number of imidazole rings is 1. The van der Waals surface area contributed by atoms with Gasteiger partial charge in [0, 0.05) is 5.56 Å². The van der Waals surface area contributed by atoms with Crippen LogP contribution in [-0.2, 0) is 9.59 Å². The number of nitrogens with zero attached hydrogens (tertiary/aromatic N) is 2. The lowest BCUT2D eigenvalue weighted by atomic mass is 9.94. The number of aromatic amines is 1. The van der Waals surface area contributed by atoms with Crippen LogP contribution < -0.4 is 4.90 Å². The van der Waals surface area contributed by atoms with Crippen LogP contribution in [0.15, 0.2) is 90.5 Å². The first-order valence-corrected chi connectivity index (χ1v) is 11.6. The Bertz CT molecular complexity index is 1820. The van der Waals surface area contributed by atoms with Crippen LogP contribution in [0.4, 0.5) is 5.95 Å². The highest BCUT2D eigenvalue weighted by Gasteiger charge is 2.48. The number of amides is 1. The van der Waals surface area contributed by atoms with Gasteiger partial charge >= 0.3 is 11.9 Å². The third kappa shape index (κ3) is 3.65. The maximum Gasteiger partial charge on any atom is 0.335 e. The molecule has 0 spiro atoms. The average molecular weight is 505 g/mol. The number of hydrogen-bond acceptors (Lipinski definition) is 6. The standard InChI is InChI=1S/C29H19N3O6/c33-20-10-7-16(8-11-20)24-23(25(34)18-6-5-15-3-1-2-4-17(15)13-18)26(35)27(36)32(24)29-30-21-12-9-19(28(37)38)14-22(21)31-29/h1-14,24,33-34H,(H,30,31)(H,37,38)/b25-23+. The van der Waals surface area contributed by atoms with E-state index in [1.165, 1.54) is 30.3 Å². The summed E-state index contributed by atoms with van der Waals surface area (Å²) < 4.78 is 0. The number of ketones is 1. The van der Waals surface area contributed by atoms with Crippen LogP contribution in [0.25, 0.3) is 27.6 Å². The number of carboxylic acids is 1. The van der Waals surface area contributed by atoms with Crippen LogP contribution in [0.5, 0.6) is 5.75 Å². The largest absolute Gasteiger partial charge is 0.508 e. The molecular weight excluding hydrogens is 486 g/mol. The molecule has 1 amide bonds. The van der Waals surface area contributed by atoms with E-state index in [1.807, 2.05) is 30.3 Å². The van der Waals surface area contributed by atoms with Gasteiger partial charge in [-0.1, -0.05) is 48.5 Å². The van der Waals surface area contributed by atoms with Crippen molar-refractivity contribution < 1.29 is 29.7 Å². The molecule has 1 aliphatic rings. The molecule has 0 aliphatic carbocycles. The number of phenols is 1. The number of H-pyrrole nitrogens is 1. The van der Waals surface area contributed by atoms with Crippen molar-refractivity contribution >= 4 is 51.2 Å². The van der Waals surface area contributed by atoms with Crippen LogP contribution in [0.1, 0.15) is 27.5 Å². The first-order valence-electron chi connectivity index (χ1n) is 11.6. The maximum atomic E-state index is 13.4. The lowest BCUT2D eigenvalue weighted by molar-refractivity contribution is -0.132. The number of aromatic nitrogens is 2. The fraction of sp³-hybridized carbons (Fsp3) is 0.0345.